The van der Waals surface area contributed by atoms with Crippen molar-refractivity contribution in [2.45, 2.75) is 92.0 Å². The third-order valence-electron chi connectivity index (χ3n) is 6.25. The van der Waals surface area contributed by atoms with Crippen molar-refractivity contribution in [3.63, 3.8) is 0 Å². The second-order valence-electron chi connectivity index (χ2n) is 9.02. The number of nitrogens with zero attached hydrogens (tertiary/aromatic N) is 2. The summed E-state index contributed by atoms with van der Waals surface area (Å²) in [5.74, 6) is 0. The van der Waals surface area contributed by atoms with Gasteiger partial charge in [-0.05, 0) is 77.5 Å². The second kappa shape index (κ2) is 24.5. The molecule has 0 aliphatic rings. The smallest absolute Gasteiger partial charge is 0.397 e. The van der Waals surface area contributed by atoms with Crippen LogP contribution in [-0.4, -0.2) is 113 Å². The highest BCUT2D eigenvalue weighted by Gasteiger charge is 2.39. The minimum atomic E-state index is -2.34. The second-order valence-corrected chi connectivity index (χ2v) is 16.2. The van der Waals surface area contributed by atoms with Gasteiger partial charge in [0.05, 0.1) is 0 Å². The Morgan fingerprint density at radius 1 is 0.600 bits per heavy atom. The van der Waals surface area contributed by atoms with Crippen molar-refractivity contribution in [1.82, 2.24) is 9.80 Å². The van der Waals surface area contributed by atoms with E-state index in [1.54, 1.807) is 49.4 Å². The van der Waals surface area contributed by atoms with Crippen LogP contribution in [-0.2, 0) is 22.1 Å². The Morgan fingerprint density at radius 2 is 0.914 bits per heavy atom. The molecule has 216 valence electrons. The number of hydrogen-bond acceptors (Lipinski definition) is 8. The molecule has 0 radical (unpaired) electrons. The molecule has 0 unspecified atom stereocenters. The van der Waals surface area contributed by atoms with Gasteiger partial charge in [0.25, 0.3) is 0 Å². The fraction of sp³-hybridized carbons (Fsp3) is 1.00. The summed E-state index contributed by atoms with van der Waals surface area (Å²) in [5.41, 5.74) is 0.513. The van der Waals surface area contributed by atoms with Crippen molar-refractivity contribution in [1.29, 1.82) is 0 Å². The Hall–Kier alpha value is 0.114. The third-order valence-corrected chi connectivity index (χ3v) is 13.3. The van der Waals surface area contributed by atoms with E-state index in [2.05, 4.69) is 51.3 Å². The molecule has 0 bridgehead atoms. The number of aliphatic hydroxyl groups is 1. The first-order valence-corrected chi connectivity index (χ1v) is 17.4. The van der Waals surface area contributed by atoms with Crippen molar-refractivity contribution < 1.29 is 27.2 Å². The minimum Gasteiger partial charge on any atom is -0.397 e. The predicted octanol–water partition coefficient (Wildman–Crippen LogP) is 4.85. The SMILES string of the molecule is CC(C)O.CCN(CC)CCC[Si](OC)(OC)C(C)C.CCN(CC)CCC[Si](OC)(OC)OC. The van der Waals surface area contributed by atoms with E-state index in [4.69, 9.17) is 27.2 Å². The van der Waals surface area contributed by atoms with Crippen LogP contribution in [0.4, 0.5) is 0 Å². The highest BCUT2D eigenvalue weighted by atomic mass is 28.4. The van der Waals surface area contributed by atoms with E-state index < -0.39 is 17.4 Å². The van der Waals surface area contributed by atoms with Crippen molar-refractivity contribution >= 4 is 17.4 Å². The first-order valence-electron chi connectivity index (χ1n) is 13.4. The van der Waals surface area contributed by atoms with Crippen LogP contribution in [0.3, 0.4) is 0 Å². The molecular formula is C25H62N2O6Si2. The van der Waals surface area contributed by atoms with Crippen LogP contribution < -0.4 is 0 Å². The highest BCUT2D eigenvalue weighted by molar-refractivity contribution is 6.68. The number of aliphatic hydroxyl groups excluding tert-OH is 1. The van der Waals surface area contributed by atoms with Gasteiger partial charge in [0, 0.05) is 47.7 Å². The van der Waals surface area contributed by atoms with Crippen LogP contribution in [0.15, 0.2) is 0 Å². The van der Waals surface area contributed by atoms with E-state index in [9.17, 15) is 0 Å². The van der Waals surface area contributed by atoms with Crippen LogP contribution in [0.25, 0.3) is 0 Å². The summed E-state index contributed by atoms with van der Waals surface area (Å²) < 4.78 is 27.5. The molecule has 0 amide bonds. The summed E-state index contributed by atoms with van der Waals surface area (Å²) >= 11 is 0. The molecule has 0 aromatic carbocycles. The summed E-state index contributed by atoms with van der Waals surface area (Å²) in [6, 6.07) is 1.97. The van der Waals surface area contributed by atoms with Crippen molar-refractivity contribution in [3.05, 3.63) is 0 Å². The van der Waals surface area contributed by atoms with Gasteiger partial charge < -0.3 is 37.0 Å². The first-order chi connectivity index (χ1) is 16.5. The first kappa shape index (κ1) is 39.6. The molecule has 0 atom stereocenters. The Morgan fingerprint density at radius 3 is 1.14 bits per heavy atom. The number of rotatable bonds is 18. The summed E-state index contributed by atoms with van der Waals surface area (Å²) in [7, 11) is 4.31. The largest absolute Gasteiger partial charge is 0.500 e. The topological polar surface area (TPSA) is 72.9 Å². The van der Waals surface area contributed by atoms with Gasteiger partial charge in [-0.15, -0.1) is 0 Å². The molecular weight excluding hydrogens is 480 g/mol. The van der Waals surface area contributed by atoms with E-state index >= 15 is 0 Å². The lowest BCUT2D eigenvalue weighted by Crippen LogP contribution is -2.43. The maximum absolute atomic E-state index is 8.06. The van der Waals surface area contributed by atoms with E-state index in [-0.39, 0.29) is 6.10 Å². The van der Waals surface area contributed by atoms with Crippen molar-refractivity contribution in [2.75, 3.05) is 74.8 Å². The normalized spacial score (nSPS) is 12.2. The molecule has 35 heavy (non-hydrogen) atoms. The lowest BCUT2D eigenvalue weighted by atomic mass is 10.4. The van der Waals surface area contributed by atoms with Gasteiger partial charge in [0.15, 0.2) is 0 Å². The van der Waals surface area contributed by atoms with Gasteiger partial charge >= 0.3 is 17.4 Å². The fourth-order valence-electron chi connectivity index (χ4n) is 3.75. The van der Waals surface area contributed by atoms with Crippen molar-refractivity contribution in [3.8, 4) is 0 Å². The summed E-state index contributed by atoms with van der Waals surface area (Å²) in [6.45, 7) is 23.3. The molecule has 10 heteroatoms. The molecule has 0 spiro atoms. The van der Waals surface area contributed by atoms with E-state index in [0.717, 1.165) is 57.8 Å². The van der Waals surface area contributed by atoms with Gasteiger partial charge in [-0.1, -0.05) is 41.5 Å². The molecule has 0 saturated carbocycles. The van der Waals surface area contributed by atoms with Crippen LogP contribution in [0.5, 0.6) is 0 Å². The molecule has 0 fully saturated rings. The Bertz CT molecular complexity index is 421. The lowest BCUT2D eigenvalue weighted by molar-refractivity contribution is 0.121. The maximum atomic E-state index is 8.06. The Labute approximate surface area is 221 Å². The van der Waals surface area contributed by atoms with Crippen molar-refractivity contribution in [2.24, 2.45) is 0 Å². The molecule has 0 aliphatic carbocycles. The Balaban J connectivity index is -0.000000508. The zero-order valence-corrected chi connectivity index (χ0v) is 27.6. The van der Waals surface area contributed by atoms with Gasteiger partial charge in [0.2, 0.25) is 0 Å². The average Bonchev–Trinajstić information content (AvgIpc) is 2.85. The molecule has 8 nitrogen and oxygen atoms in total. The summed E-state index contributed by atoms with van der Waals surface area (Å²) in [4.78, 5) is 4.84. The molecule has 0 heterocycles. The van der Waals surface area contributed by atoms with Gasteiger partial charge in [0.1, 0.15) is 0 Å². The summed E-state index contributed by atoms with van der Waals surface area (Å²) in [6.07, 6.45) is 2.07. The third kappa shape index (κ3) is 18.9. The van der Waals surface area contributed by atoms with Crippen LogP contribution >= 0.6 is 0 Å². The van der Waals surface area contributed by atoms with Gasteiger partial charge in [-0.2, -0.15) is 0 Å². The van der Waals surface area contributed by atoms with Crippen LogP contribution in [0.1, 0.15) is 68.2 Å². The molecule has 0 aromatic rings. The van der Waals surface area contributed by atoms with Crippen LogP contribution in [0.2, 0.25) is 17.6 Å². The monoisotopic (exact) mass is 542 g/mol. The molecule has 0 aromatic heterocycles. The average molecular weight is 543 g/mol. The Kier molecular flexibility index (Phi) is 27.7. The lowest BCUT2D eigenvalue weighted by Gasteiger charge is -2.31. The predicted molar refractivity (Wildman–Crippen MR) is 153 cm³/mol. The van der Waals surface area contributed by atoms with Crippen LogP contribution in [0, 0.1) is 0 Å². The van der Waals surface area contributed by atoms with E-state index in [1.807, 2.05) is 0 Å². The van der Waals surface area contributed by atoms with Gasteiger partial charge in [-0.3, -0.25) is 0 Å². The van der Waals surface area contributed by atoms with E-state index in [1.165, 1.54) is 6.42 Å². The van der Waals surface area contributed by atoms with E-state index in [0.29, 0.717) is 5.54 Å². The molecule has 1 N–H and O–H groups in total. The van der Waals surface area contributed by atoms with Gasteiger partial charge in [-0.25, -0.2) is 0 Å². The fourth-order valence-corrected chi connectivity index (χ4v) is 8.20. The standard InChI is InChI=1S/C12H29NO2Si.C10H25NO3Si.C3H8O/c1-7-13(8-2)10-9-11-16(14-5,15-6)12(3)4;1-6-11(7-2)9-8-10-15(12-3,13-4)14-5;1-3(2)4/h12H,7-11H2,1-6H3;6-10H2,1-5H3;3-4H,1-2H3. The zero-order valence-electron chi connectivity index (χ0n) is 25.6. The molecule has 0 saturated heterocycles. The molecule has 0 rings (SSSR count). The minimum absolute atomic E-state index is 0.167. The summed E-state index contributed by atoms with van der Waals surface area (Å²) in [5, 5.41) is 8.06. The zero-order chi connectivity index (χ0) is 27.9. The molecule has 0 aliphatic heterocycles. The number of hydrogen-bond donors (Lipinski definition) is 1. The maximum Gasteiger partial charge on any atom is 0.500 e. The highest BCUT2D eigenvalue weighted by Crippen LogP contribution is 2.27. The quantitative estimate of drug-likeness (QED) is 0.247.